The highest BCUT2D eigenvalue weighted by Crippen LogP contribution is 2.07. The number of nitrogens with zero attached hydrogens (tertiary/aromatic N) is 2. The zero-order valence-corrected chi connectivity index (χ0v) is 9.84. The molecule has 3 heteroatoms. The van der Waals surface area contributed by atoms with E-state index in [0.29, 0.717) is 18.4 Å². The molecule has 0 spiro atoms. The predicted octanol–water partition coefficient (Wildman–Crippen LogP) is 2.31. The number of Topliss-reactive ketones (excluding diaryl/α,β-unsaturated/α-hetero) is 1. The van der Waals surface area contributed by atoms with E-state index in [1.807, 2.05) is 18.2 Å². The first-order valence-corrected chi connectivity index (χ1v) is 5.67. The second-order valence-corrected chi connectivity index (χ2v) is 4.07. The van der Waals surface area contributed by atoms with E-state index in [1.165, 1.54) is 0 Å². The Hall–Kier alpha value is -2.47. The van der Waals surface area contributed by atoms with Gasteiger partial charge in [-0.25, -0.2) is 0 Å². The maximum atomic E-state index is 11.9. The summed E-state index contributed by atoms with van der Waals surface area (Å²) < 4.78 is 0. The molecule has 18 heavy (non-hydrogen) atoms. The summed E-state index contributed by atoms with van der Waals surface area (Å²) >= 11 is 0. The SMILES string of the molecule is N#Cc1cccc(CC(=O)Cc2cccnc2)c1. The van der Waals surface area contributed by atoms with Crippen LogP contribution in [-0.2, 0) is 17.6 Å². The number of benzene rings is 1. The highest BCUT2D eigenvalue weighted by atomic mass is 16.1. The minimum atomic E-state index is 0.123. The van der Waals surface area contributed by atoms with Gasteiger partial charge in [0.2, 0.25) is 0 Å². The van der Waals surface area contributed by atoms with E-state index in [9.17, 15) is 4.79 Å². The molecule has 0 atom stereocenters. The van der Waals surface area contributed by atoms with Crippen molar-refractivity contribution < 1.29 is 4.79 Å². The van der Waals surface area contributed by atoms with Crippen LogP contribution in [0, 0.1) is 11.3 Å². The van der Waals surface area contributed by atoms with E-state index >= 15 is 0 Å². The molecule has 0 aliphatic carbocycles. The van der Waals surface area contributed by atoms with Crippen LogP contribution >= 0.6 is 0 Å². The van der Waals surface area contributed by atoms with Gasteiger partial charge in [-0.2, -0.15) is 5.26 Å². The zero-order valence-electron chi connectivity index (χ0n) is 9.84. The number of pyridine rings is 1. The van der Waals surface area contributed by atoms with Gasteiger partial charge in [0, 0.05) is 25.2 Å². The number of aromatic nitrogens is 1. The lowest BCUT2D eigenvalue weighted by Crippen LogP contribution is -2.06. The molecular weight excluding hydrogens is 224 g/mol. The van der Waals surface area contributed by atoms with Gasteiger partial charge in [0.1, 0.15) is 5.78 Å². The van der Waals surface area contributed by atoms with Gasteiger partial charge in [0.25, 0.3) is 0 Å². The van der Waals surface area contributed by atoms with Gasteiger partial charge in [0.15, 0.2) is 0 Å². The number of hydrogen-bond donors (Lipinski definition) is 0. The summed E-state index contributed by atoms with van der Waals surface area (Å²) in [6.07, 6.45) is 4.11. The molecular formula is C15H12N2O. The van der Waals surface area contributed by atoms with Crippen LogP contribution in [0.5, 0.6) is 0 Å². The van der Waals surface area contributed by atoms with Gasteiger partial charge in [-0.05, 0) is 29.3 Å². The summed E-state index contributed by atoms with van der Waals surface area (Å²) in [7, 11) is 0. The third kappa shape index (κ3) is 3.26. The summed E-state index contributed by atoms with van der Waals surface area (Å²) in [5.74, 6) is 0.123. The molecule has 0 fully saturated rings. The number of ketones is 1. The first-order chi connectivity index (χ1) is 8.78. The largest absolute Gasteiger partial charge is 0.299 e. The molecule has 1 aromatic carbocycles. The standard InChI is InChI=1S/C15H12N2O/c16-10-13-4-1-3-12(7-13)8-15(18)9-14-5-2-6-17-11-14/h1-7,11H,8-9H2. The second kappa shape index (κ2) is 5.74. The Morgan fingerprint density at radius 1 is 1.17 bits per heavy atom. The minimum Gasteiger partial charge on any atom is -0.299 e. The predicted molar refractivity (Wildman–Crippen MR) is 67.8 cm³/mol. The molecule has 0 saturated carbocycles. The van der Waals surface area contributed by atoms with Crippen LogP contribution in [0.1, 0.15) is 16.7 Å². The number of carbonyl (C=O) groups excluding carboxylic acids is 1. The Morgan fingerprint density at radius 2 is 1.94 bits per heavy atom. The quantitative estimate of drug-likeness (QED) is 0.818. The molecule has 0 bridgehead atoms. The third-order valence-corrected chi connectivity index (χ3v) is 2.58. The molecule has 0 amide bonds. The van der Waals surface area contributed by atoms with Crippen molar-refractivity contribution in [2.45, 2.75) is 12.8 Å². The van der Waals surface area contributed by atoms with Gasteiger partial charge in [-0.15, -0.1) is 0 Å². The Bertz CT molecular complexity index is 585. The van der Waals surface area contributed by atoms with Crippen LogP contribution in [0.25, 0.3) is 0 Å². The number of carbonyl (C=O) groups is 1. The number of hydrogen-bond acceptors (Lipinski definition) is 3. The zero-order chi connectivity index (χ0) is 12.8. The van der Waals surface area contributed by atoms with Crippen molar-refractivity contribution in [3.63, 3.8) is 0 Å². The Balaban J connectivity index is 2.01. The molecule has 88 valence electrons. The molecule has 2 rings (SSSR count). The highest BCUT2D eigenvalue weighted by Gasteiger charge is 2.05. The van der Waals surface area contributed by atoms with Crippen molar-refractivity contribution in [2.75, 3.05) is 0 Å². The van der Waals surface area contributed by atoms with E-state index in [0.717, 1.165) is 11.1 Å². The minimum absolute atomic E-state index is 0.123. The van der Waals surface area contributed by atoms with Crippen molar-refractivity contribution >= 4 is 5.78 Å². The van der Waals surface area contributed by atoms with Crippen molar-refractivity contribution in [3.8, 4) is 6.07 Å². The summed E-state index contributed by atoms with van der Waals surface area (Å²) in [6, 6.07) is 12.9. The van der Waals surface area contributed by atoms with Gasteiger partial charge in [-0.1, -0.05) is 18.2 Å². The topological polar surface area (TPSA) is 53.8 Å². The summed E-state index contributed by atoms with van der Waals surface area (Å²) in [5, 5.41) is 8.79. The molecule has 0 unspecified atom stereocenters. The molecule has 1 heterocycles. The smallest absolute Gasteiger partial charge is 0.141 e. The van der Waals surface area contributed by atoms with Crippen LogP contribution in [-0.4, -0.2) is 10.8 Å². The van der Waals surface area contributed by atoms with E-state index in [4.69, 9.17) is 5.26 Å². The lowest BCUT2D eigenvalue weighted by atomic mass is 10.0. The maximum Gasteiger partial charge on any atom is 0.141 e. The summed E-state index contributed by atoms with van der Waals surface area (Å²) in [6.45, 7) is 0. The van der Waals surface area contributed by atoms with Gasteiger partial charge >= 0.3 is 0 Å². The van der Waals surface area contributed by atoms with Crippen LogP contribution in [0.15, 0.2) is 48.8 Å². The fraction of sp³-hybridized carbons (Fsp3) is 0.133. The summed E-state index contributed by atoms with van der Waals surface area (Å²) in [4.78, 5) is 15.8. The Kier molecular flexibility index (Phi) is 3.83. The van der Waals surface area contributed by atoms with Crippen molar-refractivity contribution in [1.82, 2.24) is 4.98 Å². The Morgan fingerprint density at radius 3 is 2.67 bits per heavy atom. The van der Waals surface area contributed by atoms with Crippen LogP contribution in [0.3, 0.4) is 0 Å². The fourth-order valence-electron chi connectivity index (χ4n) is 1.77. The molecule has 0 aliphatic rings. The van der Waals surface area contributed by atoms with E-state index in [-0.39, 0.29) is 5.78 Å². The molecule has 0 N–H and O–H groups in total. The van der Waals surface area contributed by atoms with Gasteiger partial charge < -0.3 is 0 Å². The Labute approximate surface area is 106 Å². The lowest BCUT2D eigenvalue weighted by molar-refractivity contribution is -0.117. The molecule has 0 saturated heterocycles. The maximum absolute atomic E-state index is 11.9. The van der Waals surface area contributed by atoms with Gasteiger partial charge in [0.05, 0.1) is 11.6 Å². The van der Waals surface area contributed by atoms with Crippen molar-refractivity contribution in [2.24, 2.45) is 0 Å². The van der Waals surface area contributed by atoms with Crippen molar-refractivity contribution in [1.29, 1.82) is 5.26 Å². The second-order valence-electron chi connectivity index (χ2n) is 4.07. The number of nitriles is 1. The van der Waals surface area contributed by atoms with E-state index in [1.54, 1.807) is 30.6 Å². The average molecular weight is 236 g/mol. The molecule has 3 nitrogen and oxygen atoms in total. The normalized spacial score (nSPS) is 9.72. The molecule has 0 radical (unpaired) electrons. The molecule has 1 aromatic heterocycles. The van der Waals surface area contributed by atoms with Crippen LogP contribution in [0.4, 0.5) is 0 Å². The fourth-order valence-corrected chi connectivity index (χ4v) is 1.77. The number of rotatable bonds is 4. The van der Waals surface area contributed by atoms with Crippen LogP contribution in [0.2, 0.25) is 0 Å². The van der Waals surface area contributed by atoms with Crippen molar-refractivity contribution in [3.05, 3.63) is 65.5 Å². The van der Waals surface area contributed by atoms with E-state index < -0.39 is 0 Å². The average Bonchev–Trinajstić information content (AvgIpc) is 2.40. The highest BCUT2D eigenvalue weighted by molar-refractivity contribution is 5.83. The molecule has 0 aliphatic heterocycles. The monoisotopic (exact) mass is 236 g/mol. The summed E-state index contributed by atoms with van der Waals surface area (Å²) in [5.41, 5.74) is 2.38. The van der Waals surface area contributed by atoms with E-state index in [2.05, 4.69) is 11.1 Å². The first-order valence-electron chi connectivity index (χ1n) is 5.67. The lowest BCUT2D eigenvalue weighted by Gasteiger charge is -2.02. The van der Waals surface area contributed by atoms with Gasteiger partial charge in [-0.3, -0.25) is 9.78 Å². The third-order valence-electron chi connectivity index (χ3n) is 2.58. The molecule has 2 aromatic rings. The van der Waals surface area contributed by atoms with Crippen LogP contribution < -0.4 is 0 Å². The first kappa shape index (κ1) is 12.0.